The number of aliphatic carboxylic acids is 2. The maximum atomic E-state index is 10.9. The zero-order valence-corrected chi connectivity index (χ0v) is 8.35. The van der Waals surface area contributed by atoms with Gasteiger partial charge in [0.05, 0.1) is 5.92 Å². The molecule has 0 heterocycles. The highest BCUT2D eigenvalue weighted by Gasteiger charge is 2.38. The van der Waals surface area contributed by atoms with E-state index in [4.69, 9.17) is 15.9 Å². The predicted octanol–water partition coefficient (Wildman–Crippen LogP) is 0.455. The van der Waals surface area contributed by atoms with E-state index >= 15 is 0 Å². The molecule has 0 aromatic carbocycles. The van der Waals surface area contributed by atoms with Crippen molar-refractivity contribution in [2.45, 2.75) is 25.3 Å². The van der Waals surface area contributed by atoms with Crippen molar-refractivity contribution in [3.05, 3.63) is 12.2 Å². The molecule has 0 bridgehead atoms. The second kappa shape index (κ2) is 4.44. The molecule has 5 heteroatoms. The van der Waals surface area contributed by atoms with Crippen LogP contribution in [0.3, 0.4) is 0 Å². The maximum absolute atomic E-state index is 10.9. The van der Waals surface area contributed by atoms with Crippen LogP contribution in [0.4, 0.5) is 0 Å². The van der Waals surface area contributed by atoms with Gasteiger partial charge in [-0.2, -0.15) is 0 Å². The molecular formula is C10H15NO4. The second-order valence-corrected chi connectivity index (χ2v) is 3.97. The highest BCUT2D eigenvalue weighted by Crippen LogP contribution is 2.34. The van der Waals surface area contributed by atoms with E-state index in [1.54, 1.807) is 0 Å². The molecule has 0 unspecified atom stereocenters. The molecule has 3 atom stereocenters. The summed E-state index contributed by atoms with van der Waals surface area (Å²) in [5, 5.41) is 17.7. The van der Waals surface area contributed by atoms with Crippen molar-refractivity contribution in [1.29, 1.82) is 0 Å². The number of rotatable bonds is 3. The van der Waals surface area contributed by atoms with Gasteiger partial charge in [-0.05, 0) is 19.3 Å². The van der Waals surface area contributed by atoms with Gasteiger partial charge in [0, 0.05) is 5.92 Å². The summed E-state index contributed by atoms with van der Waals surface area (Å²) in [5.74, 6) is -3.33. The number of hydrogen-bond donors (Lipinski definition) is 3. The summed E-state index contributed by atoms with van der Waals surface area (Å²) in [6.45, 7) is 3.76. The van der Waals surface area contributed by atoms with Gasteiger partial charge >= 0.3 is 11.9 Å². The van der Waals surface area contributed by atoms with E-state index in [0.29, 0.717) is 19.3 Å². The molecule has 1 fully saturated rings. The summed E-state index contributed by atoms with van der Waals surface area (Å²) in [4.78, 5) is 21.6. The molecule has 84 valence electrons. The second-order valence-electron chi connectivity index (χ2n) is 3.97. The summed E-state index contributed by atoms with van der Waals surface area (Å²) < 4.78 is 0. The van der Waals surface area contributed by atoms with Crippen LogP contribution in [0.2, 0.25) is 0 Å². The first-order valence-corrected chi connectivity index (χ1v) is 4.81. The van der Waals surface area contributed by atoms with E-state index < -0.39 is 29.8 Å². The van der Waals surface area contributed by atoms with Crippen LogP contribution >= 0.6 is 0 Å². The molecular weight excluding hydrogens is 198 g/mol. The van der Waals surface area contributed by atoms with Gasteiger partial charge < -0.3 is 15.9 Å². The summed E-state index contributed by atoms with van der Waals surface area (Å²) in [7, 11) is 0. The molecule has 0 aromatic heterocycles. The fourth-order valence-corrected chi connectivity index (χ4v) is 2.02. The fourth-order valence-electron chi connectivity index (χ4n) is 2.02. The first kappa shape index (κ1) is 11.7. The molecule has 0 aromatic rings. The summed E-state index contributed by atoms with van der Waals surface area (Å²) in [6, 6.07) is -1.12. The summed E-state index contributed by atoms with van der Waals surface area (Å²) >= 11 is 0. The minimum atomic E-state index is -1.15. The lowest BCUT2D eigenvalue weighted by Gasteiger charge is -2.32. The van der Waals surface area contributed by atoms with E-state index in [0.717, 1.165) is 5.57 Å². The van der Waals surface area contributed by atoms with Crippen LogP contribution in [0, 0.1) is 11.8 Å². The Morgan fingerprint density at radius 1 is 1.47 bits per heavy atom. The topological polar surface area (TPSA) is 101 Å². The summed E-state index contributed by atoms with van der Waals surface area (Å²) in [5.41, 5.74) is 6.36. The van der Waals surface area contributed by atoms with Crippen molar-refractivity contribution in [3.63, 3.8) is 0 Å². The van der Waals surface area contributed by atoms with Crippen LogP contribution in [0.15, 0.2) is 12.2 Å². The quantitative estimate of drug-likeness (QED) is 0.591. The van der Waals surface area contributed by atoms with Gasteiger partial charge in [0.15, 0.2) is 0 Å². The minimum absolute atomic E-state index is 0.393. The highest BCUT2D eigenvalue weighted by atomic mass is 16.4. The highest BCUT2D eigenvalue weighted by molar-refractivity contribution is 5.77. The van der Waals surface area contributed by atoms with Crippen LogP contribution < -0.4 is 5.73 Å². The third kappa shape index (κ3) is 2.56. The molecule has 1 aliphatic carbocycles. The lowest BCUT2D eigenvalue weighted by molar-refractivity contribution is -0.147. The van der Waals surface area contributed by atoms with Crippen LogP contribution in [0.25, 0.3) is 0 Å². The Labute approximate surface area is 87.6 Å². The van der Waals surface area contributed by atoms with E-state index in [1.807, 2.05) is 0 Å². The Hall–Kier alpha value is -1.36. The third-order valence-electron chi connectivity index (χ3n) is 2.91. The van der Waals surface area contributed by atoms with Gasteiger partial charge in [-0.25, -0.2) is 0 Å². The first-order chi connectivity index (χ1) is 6.93. The molecule has 5 nitrogen and oxygen atoms in total. The van der Waals surface area contributed by atoms with Crippen LogP contribution in [0.1, 0.15) is 19.3 Å². The average Bonchev–Trinajstić information content (AvgIpc) is 2.15. The van der Waals surface area contributed by atoms with Gasteiger partial charge in [-0.3, -0.25) is 9.59 Å². The van der Waals surface area contributed by atoms with Crippen molar-refractivity contribution in [2.24, 2.45) is 17.6 Å². The van der Waals surface area contributed by atoms with Crippen molar-refractivity contribution < 1.29 is 19.8 Å². The molecule has 0 spiro atoms. The summed E-state index contributed by atoms with van der Waals surface area (Å²) in [6.07, 6.45) is 1.46. The van der Waals surface area contributed by atoms with E-state index in [9.17, 15) is 9.59 Å². The first-order valence-electron chi connectivity index (χ1n) is 4.81. The Morgan fingerprint density at radius 3 is 2.53 bits per heavy atom. The molecule has 0 amide bonds. The standard InChI is InChI=1S/C10H15NO4/c1-5-2-3-6(9(12)13)7(4-5)8(11)10(14)15/h6-8H,1-4,11H2,(H,12,13)(H,14,15)/t6-,7-,8+/m1/s1. The number of nitrogens with two attached hydrogens (primary N) is 1. The SMILES string of the molecule is C=C1CC[C@@H](C(=O)O)[C@H]([C@H](N)C(=O)O)C1. The van der Waals surface area contributed by atoms with Gasteiger partial charge in [0.25, 0.3) is 0 Å². The zero-order valence-electron chi connectivity index (χ0n) is 8.35. The van der Waals surface area contributed by atoms with Crippen molar-refractivity contribution in [1.82, 2.24) is 0 Å². The Balaban J connectivity index is 2.83. The minimum Gasteiger partial charge on any atom is -0.481 e. The number of carboxylic acids is 2. The lowest BCUT2D eigenvalue weighted by Crippen LogP contribution is -2.45. The number of allylic oxidation sites excluding steroid dienone is 1. The van der Waals surface area contributed by atoms with Gasteiger partial charge in [0.2, 0.25) is 0 Å². The molecule has 15 heavy (non-hydrogen) atoms. The number of carboxylic acid groups (broad SMARTS) is 2. The molecule has 1 saturated carbocycles. The molecule has 0 radical (unpaired) electrons. The maximum Gasteiger partial charge on any atom is 0.320 e. The Kier molecular flexibility index (Phi) is 3.47. The normalized spacial score (nSPS) is 28.5. The molecule has 1 aliphatic rings. The molecule has 0 saturated heterocycles. The van der Waals surface area contributed by atoms with Crippen molar-refractivity contribution in [2.75, 3.05) is 0 Å². The van der Waals surface area contributed by atoms with Crippen LogP contribution in [-0.2, 0) is 9.59 Å². The third-order valence-corrected chi connectivity index (χ3v) is 2.91. The fraction of sp³-hybridized carbons (Fsp3) is 0.600. The van der Waals surface area contributed by atoms with Crippen LogP contribution in [0.5, 0.6) is 0 Å². The molecule has 1 rings (SSSR count). The van der Waals surface area contributed by atoms with Crippen LogP contribution in [-0.4, -0.2) is 28.2 Å². The number of carbonyl (C=O) groups is 2. The largest absolute Gasteiger partial charge is 0.481 e. The Bertz CT molecular complexity index is 298. The smallest absolute Gasteiger partial charge is 0.320 e. The van der Waals surface area contributed by atoms with Gasteiger partial charge in [-0.1, -0.05) is 12.2 Å². The van der Waals surface area contributed by atoms with Gasteiger partial charge in [0.1, 0.15) is 6.04 Å². The number of hydrogen-bond acceptors (Lipinski definition) is 3. The van der Waals surface area contributed by atoms with Gasteiger partial charge in [-0.15, -0.1) is 0 Å². The van der Waals surface area contributed by atoms with Crippen molar-refractivity contribution in [3.8, 4) is 0 Å². The van der Waals surface area contributed by atoms with Crippen molar-refractivity contribution >= 4 is 11.9 Å². The average molecular weight is 213 g/mol. The monoisotopic (exact) mass is 213 g/mol. The predicted molar refractivity (Wildman–Crippen MR) is 53.2 cm³/mol. The molecule has 0 aliphatic heterocycles. The zero-order chi connectivity index (χ0) is 11.6. The lowest BCUT2D eigenvalue weighted by atomic mass is 9.74. The van der Waals surface area contributed by atoms with E-state index in [1.165, 1.54) is 0 Å². The Morgan fingerprint density at radius 2 is 2.07 bits per heavy atom. The van der Waals surface area contributed by atoms with E-state index in [-0.39, 0.29) is 0 Å². The van der Waals surface area contributed by atoms with E-state index in [2.05, 4.69) is 6.58 Å². The molecule has 4 N–H and O–H groups in total.